The molecule has 0 radical (unpaired) electrons. The summed E-state index contributed by atoms with van der Waals surface area (Å²) in [5.74, 6) is -1.13. The van der Waals surface area contributed by atoms with E-state index >= 15 is 0 Å². The van der Waals surface area contributed by atoms with Crippen LogP contribution < -0.4 is 0 Å². The van der Waals surface area contributed by atoms with Gasteiger partial charge in [-0.2, -0.15) is 26.3 Å². The maximum Gasteiger partial charge on any atom is 0.429 e. The van der Waals surface area contributed by atoms with Crippen molar-refractivity contribution in [2.24, 2.45) is 0 Å². The SMILES string of the molecule is CC(C)(C)[Si](C)(C)OC(c1ccc([C@@H]2CC(=O)[C@]2(C)c2ccc(F)cc2)cc1)(C(F)(F)F)C(F)(F)F. The Morgan fingerprint density at radius 1 is 0.861 bits per heavy atom. The van der Waals surface area contributed by atoms with E-state index in [9.17, 15) is 35.5 Å². The number of carbonyl (C=O) groups excluding carboxylic acids is 1. The van der Waals surface area contributed by atoms with Gasteiger partial charge in [-0.3, -0.25) is 4.79 Å². The number of hydrogen-bond acceptors (Lipinski definition) is 2. The standard InChI is InChI=1S/C26H29F7O2Si/c1-22(2,3)36(5,6)35-24(25(28,29)30,26(31,32)33)18-9-7-16(8-10-18)20-15-21(34)23(20,4)17-11-13-19(27)14-12-17/h7-14,20H,15H2,1-6H3/t20-,23+/m0/s1. The summed E-state index contributed by atoms with van der Waals surface area (Å²) >= 11 is 0. The molecule has 10 heteroatoms. The van der Waals surface area contributed by atoms with Crippen molar-refractivity contribution in [2.45, 2.75) is 81.5 Å². The van der Waals surface area contributed by atoms with Crippen molar-refractivity contribution in [2.75, 3.05) is 0 Å². The first kappa shape index (κ1) is 28.4. The van der Waals surface area contributed by atoms with Crippen LogP contribution in [0.5, 0.6) is 0 Å². The molecule has 1 saturated carbocycles. The van der Waals surface area contributed by atoms with Gasteiger partial charge in [0.05, 0.1) is 5.41 Å². The first-order valence-electron chi connectivity index (χ1n) is 11.4. The minimum absolute atomic E-state index is 0.0668. The molecule has 3 rings (SSSR count). The van der Waals surface area contributed by atoms with Crippen molar-refractivity contribution in [3.05, 3.63) is 71.0 Å². The average Bonchev–Trinajstić information content (AvgIpc) is 2.73. The summed E-state index contributed by atoms with van der Waals surface area (Å²) < 4.78 is 105. The molecule has 2 atom stereocenters. The van der Waals surface area contributed by atoms with Crippen molar-refractivity contribution in [1.82, 2.24) is 0 Å². The minimum atomic E-state index is -5.78. The Morgan fingerprint density at radius 2 is 1.33 bits per heavy atom. The predicted octanol–water partition coefficient (Wildman–Crippen LogP) is 8.18. The van der Waals surface area contributed by atoms with E-state index in [1.807, 2.05) is 0 Å². The van der Waals surface area contributed by atoms with Crippen LogP contribution in [-0.2, 0) is 20.2 Å². The van der Waals surface area contributed by atoms with Crippen molar-refractivity contribution in [3.63, 3.8) is 0 Å². The molecule has 198 valence electrons. The second kappa shape index (κ2) is 8.68. The van der Waals surface area contributed by atoms with Crippen LogP contribution in [0.2, 0.25) is 18.1 Å². The molecule has 0 aromatic heterocycles. The third kappa shape index (κ3) is 4.40. The Kier molecular flexibility index (Phi) is 6.84. The lowest BCUT2D eigenvalue weighted by atomic mass is 9.55. The monoisotopic (exact) mass is 534 g/mol. The molecule has 0 N–H and O–H groups in total. The van der Waals surface area contributed by atoms with E-state index in [2.05, 4.69) is 0 Å². The maximum absolute atomic E-state index is 14.3. The van der Waals surface area contributed by atoms with Crippen LogP contribution >= 0.6 is 0 Å². The van der Waals surface area contributed by atoms with Crippen LogP contribution in [0.25, 0.3) is 0 Å². The Bertz CT molecular complexity index is 1100. The lowest BCUT2D eigenvalue weighted by Crippen LogP contribution is -2.62. The molecular weight excluding hydrogens is 505 g/mol. The fraction of sp³-hybridized carbons (Fsp3) is 0.500. The Morgan fingerprint density at radius 3 is 1.72 bits per heavy atom. The van der Waals surface area contributed by atoms with Gasteiger partial charge >= 0.3 is 12.4 Å². The lowest BCUT2D eigenvalue weighted by Gasteiger charge is -2.47. The molecule has 36 heavy (non-hydrogen) atoms. The molecule has 2 nitrogen and oxygen atoms in total. The number of Topliss-reactive ketones (excluding diaryl/α,β-unsaturated/α-hetero) is 1. The van der Waals surface area contributed by atoms with Crippen LogP contribution in [0, 0.1) is 5.82 Å². The molecule has 0 aliphatic heterocycles. The van der Waals surface area contributed by atoms with Crippen molar-refractivity contribution >= 4 is 14.1 Å². The molecule has 0 saturated heterocycles. The van der Waals surface area contributed by atoms with Crippen molar-refractivity contribution in [1.29, 1.82) is 0 Å². The second-order valence-corrected chi connectivity index (χ2v) is 15.8. The smallest absolute Gasteiger partial charge is 0.393 e. The molecule has 2 aromatic carbocycles. The summed E-state index contributed by atoms with van der Waals surface area (Å²) in [5, 5.41) is -0.919. The summed E-state index contributed by atoms with van der Waals surface area (Å²) in [4.78, 5) is 12.6. The maximum atomic E-state index is 14.3. The highest BCUT2D eigenvalue weighted by molar-refractivity contribution is 6.74. The summed E-state index contributed by atoms with van der Waals surface area (Å²) in [5.41, 5.74) is -5.70. The van der Waals surface area contributed by atoms with Crippen LogP contribution in [-0.4, -0.2) is 26.5 Å². The molecule has 1 aliphatic carbocycles. The quantitative estimate of drug-likeness (QED) is 0.286. The number of alkyl halides is 6. The van der Waals surface area contributed by atoms with Gasteiger partial charge in [-0.05, 0) is 48.3 Å². The lowest BCUT2D eigenvalue weighted by molar-refractivity contribution is -0.369. The van der Waals surface area contributed by atoms with Gasteiger partial charge in [0.1, 0.15) is 11.6 Å². The normalized spacial score (nSPS) is 21.9. The molecule has 0 bridgehead atoms. The highest BCUT2D eigenvalue weighted by atomic mass is 28.4. The second-order valence-electron chi connectivity index (χ2n) is 11.1. The van der Waals surface area contributed by atoms with Crippen LogP contribution in [0.1, 0.15) is 56.7 Å². The summed E-state index contributed by atoms with van der Waals surface area (Å²) in [6, 6.07) is 9.27. The molecular formula is C26H29F7O2Si. The zero-order valence-corrected chi connectivity index (χ0v) is 21.9. The topological polar surface area (TPSA) is 26.3 Å². The van der Waals surface area contributed by atoms with Gasteiger partial charge in [0, 0.05) is 17.9 Å². The van der Waals surface area contributed by atoms with Crippen LogP contribution in [0.4, 0.5) is 30.7 Å². The van der Waals surface area contributed by atoms with Gasteiger partial charge in [0.2, 0.25) is 0 Å². The van der Waals surface area contributed by atoms with Gasteiger partial charge in [0.15, 0.2) is 8.32 Å². The zero-order chi connectivity index (χ0) is 27.5. The third-order valence-electron chi connectivity index (χ3n) is 7.84. The molecule has 2 aromatic rings. The highest BCUT2D eigenvalue weighted by Gasteiger charge is 2.75. The number of halogens is 7. The van der Waals surface area contributed by atoms with E-state index in [1.54, 1.807) is 27.7 Å². The van der Waals surface area contributed by atoms with E-state index < -0.39 is 54.0 Å². The Labute approximate surface area is 207 Å². The van der Waals surface area contributed by atoms with Gasteiger partial charge in [-0.1, -0.05) is 57.2 Å². The van der Waals surface area contributed by atoms with E-state index in [0.29, 0.717) is 11.1 Å². The van der Waals surface area contributed by atoms with Gasteiger partial charge in [-0.25, -0.2) is 4.39 Å². The molecule has 0 amide bonds. The molecule has 1 aliphatic rings. The summed E-state index contributed by atoms with van der Waals surface area (Å²) in [7, 11) is -3.57. The van der Waals surface area contributed by atoms with Crippen molar-refractivity contribution < 1.29 is 40.0 Å². The van der Waals surface area contributed by atoms with Crippen LogP contribution in [0.3, 0.4) is 0 Å². The summed E-state index contributed by atoms with van der Waals surface area (Å²) in [6.07, 6.45) is -11.5. The molecule has 0 unspecified atom stereocenters. The van der Waals surface area contributed by atoms with E-state index in [1.165, 1.54) is 49.5 Å². The Balaban J connectivity index is 2.09. The first-order chi connectivity index (χ1) is 16.2. The van der Waals surface area contributed by atoms with Gasteiger partial charge in [0.25, 0.3) is 5.60 Å². The molecule has 0 spiro atoms. The van der Waals surface area contributed by atoms with E-state index in [0.717, 1.165) is 12.1 Å². The average molecular weight is 535 g/mol. The highest BCUT2D eigenvalue weighted by Crippen LogP contribution is 2.57. The minimum Gasteiger partial charge on any atom is -0.393 e. The third-order valence-corrected chi connectivity index (χ3v) is 12.3. The number of rotatable bonds is 5. The fourth-order valence-electron chi connectivity index (χ4n) is 4.42. The van der Waals surface area contributed by atoms with Crippen molar-refractivity contribution in [3.8, 4) is 0 Å². The fourth-order valence-corrected chi connectivity index (χ4v) is 5.84. The van der Waals surface area contributed by atoms with Gasteiger partial charge < -0.3 is 4.43 Å². The predicted molar refractivity (Wildman–Crippen MR) is 125 cm³/mol. The number of benzene rings is 2. The molecule has 0 heterocycles. The number of carbonyl (C=O) groups is 1. The Hall–Kier alpha value is -2.20. The van der Waals surface area contributed by atoms with Gasteiger partial charge in [-0.15, -0.1) is 0 Å². The zero-order valence-electron chi connectivity index (χ0n) is 20.9. The van der Waals surface area contributed by atoms with Crippen LogP contribution in [0.15, 0.2) is 48.5 Å². The largest absolute Gasteiger partial charge is 0.429 e. The van der Waals surface area contributed by atoms with E-state index in [-0.39, 0.29) is 12.2 Å². The summed E-state index contributed by atoms with van der Waals surface area (Å²) in [6.45, 7) is 8.99. The first-order valence-corrected chi connectivity index (χ1v) is 14.3. The number of ketones is 1. The molecule has 1 fully saturated rings. The number of hydrogen-bond donors (Lipinski definition) is 0. The van der Waals surface area contributed by atoms with E-state index in [4.69, 9.17) is 4.43 Å².